The molecule has 5 heteroatoms. The Morgan fingerprint density at radius 1 is 1.20 bits per heavy atom. The molecular weight excluding hydrogens is 226 g/mol. The number of nitrogens with two attached hydrogens (primary N) is 1. The van der Waals surface area contributed by atoms with Gasteiger partial charge in [-0.05, 0) is 6.07 Å². The Morgan fingerprint density at radius 2 is 2.07 bits per heavy atom. The first kappa shape index (κ1) is 8.82. The predicted octanol–water partition coefficient (Wildman–Crippen LogP) is 3.00. The van der Waals surface area contributed by atoms with Crippen molar-refractivity contribution in [3.8, 4) is 11.4 Å². The molecule has 3 aromatic rings. The first-order chi connectivity index (χ1) is 7.34. The van der Waals surface area contributed by atoms with E-state index >= 15 is 0 Å². The SMILES string of the molecule is Nc1nc(-c2csc3ccccc23)ns1. The Bertz CT molecular complexity index is 612. The van der Waals surface area contributed by atoms with Crippen molar-refractivity contribution in [2.45, 2.75) is 0 Å². The molecule has 2 aromatic heterocycles. The maximum atomic E-state index is 5.58. The van der Waals surface area contributed by atoms with E-state index in [-0.39, 0.29) is 0 Å². The summed E-state index contributed by atoms with van der Waals surface area (Å²) in [5.74, 6) is 0.731. The van der Waals surface area contributed by atoms with Gasteiger partial charge in [-0.25, -0.2) is 0 Å². The van der Waals surface area contributed by atoms with Crippen LogP contribution >= 0.6 is 22.9 Å². The molecule has 15 heavy (non-hydrogen) atoms. The van der Waals surface area contributed by atoms with Gasteiger partial charge in [-0.15, -0.1) is 11.3 Å². The molecule has 0 saturated carbocycles. The summed E-state index contributed by atoms with van der Waals surface area (Å²) in [6.45, 7) is 0. The quantitative estimate of drug-likeness (QED) is 0.703. The van der Waals surface area contributed by atoms with E-state index in [0.717, 1.165) is 11.4 Å². The van der Waals surface area contributed by atoms with Crippen LogP contribution in [0.2, 0.25) is 0 Å². The van der Waals surface area contributed by atoms with Gasteiger partial charge in [0.25, 0.3) is 0 Å². The van der Waals surface area contributed by atoms with Crippen LogP contribution in [0, 0.1) is 0 Å². The lowest BCUT2D eigenvalue weighted by molar-refractivity contribution is 1.34. The van der Waals surface area contributed by atoms with Crippen LogP contribution in [0.4, 0.5) is 5.13 Å². The largest absolute Gasteiger partial charge is 0.374 e. The van der Waals surface area contributed by atoms with Crippen molar-refractivity contribution in [3.05, 3.63) is 29.6 Å². The summed E-state index contributed by atoms with van der Waals surface area (Å²) in [5.41, 5.74) is 6.65. The first-order valence-corrected chi connectivity index (χ1v) is 6.06. The highest BCUT2D eigenvalue weighted by Gasteiger charge is 2.09. The molecule has 0 atom stereocenters. The van der Waals surface area contributed by atoms with Gasteiger partial charge in [0.05, 0.1) is 0 Å². The summed E-state index contributed by atoms with van der Waals surface area (Å²) < 4.78 is 5.47. The molecule has 0 fully saturated rings. The first-order valence-electron chi connectivity index (χ1n) is 4.40. The smallest absolute Gasteiger partial charge is 0.200 e. The standard InChI is InChI=1S/C10H7N3S2/c11-10-12-9(13-15-10)7-5-14-8-4-2-1-3-6(7)8/h1-5H,(H2,11,12,13). The Labute approximate surface area is 94.4 Å². The van der Waals surface area contributed by atoms with Gasteiger partial charge in [0.2, 0.25) is 0 Å². The molecule has 1 aromatic carbocycles. The van der Waals surface area contributed by atoms with E-state index < -0.39 is 0 Å². The van der Waals surface area contributed by atoms with Gasteiger partial charge in [0.1, 0.15) is 0 Å². The van der Waals surface area contributed by atoms with Crippen LogP contribution in [0.15, 0.2) is 29.6 Å². The molecular formula is C10H7N3S2. The van der Waals surface area contributed by atoms with Crippen molar-refractivity contribution in [2.75, 3.05) is 5.73 Å². The van der Waals surface area contributed by atoms with Crippen molar-refractivity contribution in [1.29, 1.82) is 0 Å². The molecule has 0 bridgehead atoms. The number of nitrogens with zero attached hydrogens (tertiary/aromatic N) is 2. The summed E-state index contributed by atoms with van der Waals surface area (Å²) >= 11 is 2.93. The molecule has 0 aliphatic rings. The Kier molecular flexibility index (Phi) is 1.93. The maximum absolute atomic E-state index is 5.58. The third kappa shape index (κ3) is 1.40. The summed E-state index contributed by atoms with van der Waals surface area (Å²) in [6.07, 6.45) is 0. The lowest BCUT2D eigenvalue weighted by Crippen LogP contribution is -1.82. The minimum absolute atomic E-state index is 0.514. The van der Waals surface area contributed by atoms with Crippen LogP contribution in [-0.2, 0) is 0 Å². The average Bonchev–Trinajstić information content (AvgIpc) is 2.83. The van der Waals surface area contributed by atoms with E-state index in [1.54, 1.807) is 11.3 Å². The van der Waals surface area contributed by atoms with Gasteiger partial charge >= 0.3 is 0 Å². The van der Waals surface area contributed by atoms with Crippen LogP contribution in [0.25, 0.3) is 21.5 Å². The second kappa shape index (κ2) is 3.29. The monoisotopic (exact) mass is 233 g/mol. The lowest BCUT2D eigenvalue weighted by Gasteiger charge is -1.91. The number of anilines is 1. The van der Waals surface area contributed by atoms with Crippen LogP contribution < -0.4 is 5.73 Å². The van der Waals surface area contributed by atoms with Gasteiger partial charge in [-0.1, -0.05) is 18.2 Å². The highest BCUT2D eigenvalue weighted by molar-refractivity contribution is 7.17. The molecule has 0 aliphatic heterocycles. The number of nitrogen functional groups attached to an aromatic ring is 1. The minimum Gasteiger partial charge on any atom is -0.374 e. The molecule has 0 unspecified atom stereocenters. The maximum Gasteiger partial charge on any atom is 0.200 e. The number of hydrogen-bond acceptors (Lipinski definition) is 5. The van der Waals surface area contributed by atoms with E-state index in [4.69, 9.17) is 5.73 Å². The number of aromatic nitrogens is 2. The second-order valence-electron chi connectivity index (χ2n) is 3.10. The lowest BCUT2D eigenvalue weighted by atomic mass is 10.2. The van der Waals surface area contributed by atoms with Gasteiger partial charge < -0.3 is 5.73 Å². The minimum atomic E-state index is 0.514. The van der Waals surface area contributed by atoms with Crippen molar-refractivity contribution in [1.82, 2.24) is 9.36 Å². The number of fused-ring (bicyclic) bond motifs is 1. The predicted molar refractivity (Wildman–Crippen MR) is 65.1 cm³/mol. The molecule has 3 nitrogen and oxygen atoms in total. The van der Waals surface area contributed by atoms with Gasteiger partial charge in [-0.2, -0.15) is 9.36 Å². The van der Waals surface area contributed by atoms with E-state index in [1.807, 2.05) is 12.1 Å². The number of benzene rings is 1. The molecule has 2 N–H and O–H groups in total. The van der Waals surface area contributed by atoms with Crippen molar-refractivity contribution in [3.63, 3.8) is 0 Å². The fraction of sp³-hybridized carbons (Fsp3) is 0. The fourth-order valence-electron chi connectivity index (χ4n) is 1.50. The third-order valence-corrected chi connectivity index (χ3v) is 3.67. The fourth-order valence-corrected chi connectivity index (χ4v) is 2.88. The summed E-state index contributed by atoms with van der Waals surface area (Å²) in [5, 5.41) is 3.78. The zero-order valence-electron chi connectivity index (χ0n) is 7.68. The van der Waals surface area contributed by atoms with E-state index in [1.165, 1.54) is 21.6 Å². The van der Waals surface area contributed by atoms with Crippen LogP contribution in [0.5, 0.6) is 0 Å². The van der Waals surface area contributed by atoms with Crippen LogP contribution in [0.3, 0.4) is 0 Å². The van der Waals surface area contributed by atoms with Crippen molar-refractivity contribution in [2.24, 2.45) is 0 Å². The molecule has 0 amide bonds. The Balaban J connectivity index is 2.27. The molecule has 74 valence electrons. The topological polar surface area (TPSA) is 51.8 Å². The molecule has 0 radical (unpaired) electrons. The summed E-state index contributed by atoms with van der Waals surface area (Å²) in [7, 11) is 0. The second-order valence-corrected chi connectivity index (χ2v) is 4.80. The van der Waals surface area contributed by atoms with Crippen molar-refractivity contribution < 1.29 is 0 Å². The van der Waals surface area contributed by atoms with Gasteiger partial charge in [-0.3, -0.25) is 0 Å². The Morgan fingerprint density at radius 3 is 2.87 bits per heavy atom. The Hall–Kier alpha value is -1.46. The van der Waals surface area contributed by atoms with E-state index in [0.29, 0.717) is 5.13 Å². The highest BCUT2D eigenvalue weighted by atomic mass is 32.1. The molecule has 0 saturated heterocycles. The molecule has 0 spiro atoms. The average molecular weight is 233 g/mol. The number of thiophene rings is 1. The van der Waals surface area contributed by atoms with E-state index in [9.17, 15) is 0 Å². The number of rotatable bonds is 1. The third-order valence-electron chi connectivity index (χ3n) is 2.16. The molecule has 0 aliphatic carbocycles. The van der Waals surface area contributed by atoms with Crippen molar-refractivity contribution >= 4 is 38.1 Å². The normalized spacial score (nSPS) is 10.9. The summed E-state index contributed by atoms with van der Waals surface area (Å²) in [4.78, 5) is 4.20. The van der Waals surface area contributed by atoms with Gasteiger partial charge in [0, 0.05) is 32.6 Å². The van der Waals surface area contributed by atoms with E-state index in [2.05, 4.69) is 26.9 Å². The van der Waals surface area contributed by atoms with Crippen LogP contribution in [-0.4, -0.2) is 9.36 Å². The molecule has 2 heterocycles. The zero-order chi connectivity index (χ0) is 10.3. The highest BCUT2D eigenvalue weighted by Crippen LogP contribution is 2.32. The summed E-state index contributed by atoms with van der Waals surface area (Å²) in [6, 6.07) is 8.23. The molecule has 3 rings (SSSR count). The van der Waals surface area contributed by atoms with Crippen LogP contribution in [0.1, 0.15) is 0 Å². The zero-order valence-corrected chi connectivity index (χ0v) is 9.31. The number of hydrogen-bond donors (Lipinski definition) is 1. The van der Waals surface area contributed by atoms with Gasteiger partial charge in [0.15, 0.2) is 11.0 Å².